The maximum atomic E-state index is 12.0. The summed E-state index contributed by atoms with van der Waals surface area (Å²) in [7, 11) is 0. The van der Waals surface area contributed by atoms with Gasteiger partial charge >= 0.3 is 0 Å². The number of carbonyl (C=O) groups excluding carboxylic acids is 1. The standard InChI is InChI=1S/C12H13Cl2NO/c13-8-2-3-10(14)9(6-8)11(16)7-12(15)4-1-5-12/h2-3,6H,1,4-5,7,15H2. The van der Waals surface area contributed by atoms with Crippen LogP contribution in [0.25, 0.3) is 0 Å². The van der Waals surface area contributed by atoms with Crippen molar-refractivity contribution < 1.29 is 4.79 Å². The quantitative estimate of drug-likeness (QED) is 0.844. The summed E-state index contributed by atoms with van der Waals surface area (Å²) in [6.07, 6.45) is 3.29. The third kappa shape index (κ3) is 2.40. The molecule has 0 unspecified atom stereocenters. The fraction of sp³-hybridized carbons (Fsp3) is 0.417. The SMILES string of the molecule is NC1(CC(=O)c2cc(Cl)ccc2Cl)CCC1. The van der Waals surface area contributed by atoms with Crippen molar-refractivity contribution in [2.75, 3.05) is 0 Å². The lowest BCUT2D eigenvalue weighted by atomic mass is 9.74. The van der Waals surface area contributed by atoms with E-state index in [2.05, 4.69) is 0 Å². The van der Waals surface area contributed by atoms with Gasteiger partial charge in [0.25, 0.3) is 0 Å². The molecule has 16 heavy (non-hydrogen) atoms. The van der Waals surface area contributed by atoms with E-state index in [1.54, 1.807) is 18.2 Å². The Bertz CT molecular complexity index is 427. The summed E-state index contributed by atoms with van der Waals surface area (Å²) in [5.41, 5.74) is 6.19. The van der Waals surface area contributed by atoms with Gasteiger partial charge in [-0.1, -0.05) is 23.2 Å². The van der Waals surface area contributed by atoms with Crippen molar-refractivity contribution in [3.8, 4) is 0 Å². The van der Waals surface area contributed by atoms with Crippen molar-refractivity contribution in [1.29, 1.82) is 0 Å². The van der Waals surface area contributed by atoms with Gasteiger partial charge in [0.1, 0.15) is 0 Å². The molecule has 0 radical (unpaired) electrons. The monoisotopic (exact) mass is 257 g/mol. The number of halogens is 2. The van der Waals surface area contributed by atoms with Gasteiger partial charge < -0.3 is 5.73 Å². The first-order chi connectivity index (χ1) is 7.50. The minimum atomic E-state index is -0.317. The van der Waals surface area contributed by atoms with Crippen LogP contribution < -0.4 is 5.73 Å². The highest BCUT2D eigenvalue weighted by Gasteiger charge is 2.35. The molecule has 0 heterocycles. The van der Waals surface area contributed by atoms with E-state index >= 15 is 0 Å². The molecule has 0 aliphatic heterocycles. The molecule has 1 aliphatic carbocycles. The predicted molar refractivity (Wildman–Crippen MR) is 66.2 cm³/mol. The van der Waals surface area contributed by atoms with Crippen LogP contribution in [0.5, 0.6) is 0 Å². The van der Waals surface area contributed by atoms with E-state index in [4.69, 9.17) is 28.9 Å². The van der Waals surface area contributed by atoms with Crippen molar-refractivity contribution in [3.63, 3.8) is 0 Å². The summed E-state index contributed by atoms with van der Waals surface area (Å²) in [5.74, 6) is -0.0188. The van der Waals surface area contributed by atoms with E-state index in [-0.39, 0.29) is 11.3 Å². The van der Waals surface area contributed by atoms with Gasteiger partial charge in [-0.15, -0.1) is 0 Å². The molecule has 0 spiro atoms. The second-order valence-electron chi connectivity index (χ2n) is 4.44. The molecule has 0 saturated heterocycles. The lowest BCUT2D eigenvalue weighted by molar-refractivity contribution is 0.0912. The van der Waals surface area contributed by atoms with Crippen molar-refractivity contribution >= 4 is 29.0 Å². The number of Topliss-reactive ketones (excluding diaryl/α,β-unsaturated/α-hetero) is 1. The van der Waals surface area contributed by atoms with Gasteiger partial charge in [0.05, 0.1) is 5.02 Å². The van der Waals surface area contributed by atoms with Crippen LogP contribution >= 0.6 is 23.2 Å². The highest BCUT2D eigenvalue weighted by Crippen LogP contribution is 2.34. The van der Waals surface area contributed by atoms with Crippen LogP contribution in [0.15, 0.2) is 18.2 Å². The number of nitrogens with two attached hydrogens (primary N) is 1. The normalized spacial score (nSPS) is 17.9. The molecule has 2 nitrogen and oxygen atoms in total. The molecular formula is C12H13Cl2NO. The molecule has 1 saturated carbocycles. The van der Waals surface area contributed by atoms with Gasteiger partial charge in [-0.2, -0.15) is 0 Å². The number of ketones is 1. The fourth-order valence-corrected chi connectivity index (χ4v) is 2.33. The zero-order valence-electron chi connectivity index (χ0n) is 8.80. The second-order valence-corrected chi connectivity index (χ2v) is 5.28. The van der Waals surface area contributed by atoms with Crippen molar-refractivity contribution in [2.24, 2.45) is 5.73 Å². The first kappa shape index (κ1) is 11.9. The number of hydrogen-bond donors (Lipinski definition) is 1. The topological polar surface area (TPSA) is 43.1 Å². The van der Waals surface area contributed by atoms with Gasteiger partial charge in [0, 0.05) is 22.5 Å². The first-order valence-corrected chi connectivity index (χ1v) is 6.03. The summed E-state index contributed by atoms with van der Waals surface area (Å²) < 4.78 is 0. The molecule has 1 aromatic rings. The highest BCUT2D eigenvalue weighted by molar-refractivity contribution is 6.35. The van der Waals surface area contributed by atoms with Crippen LogP contribution in [0.1, 0.15) is 36.0 Å². The van der Waals surface area contributed by atoms with Gasteiger partial charge in [-0.05, 0) is 37.5 Å². The number of rotatable bonds is 3. The molecule has 4 heteroatoms. The van der Waals surface area contributed by atoms with Crippen LogP contribution in [-0.4, -0.2) is 11.3 Å². The fourth-order valence-electron chi connectivity index (χ4n) is 1.93. The third-order valence-corrected chi connectivity index (χ3v) is 3.66. The van der Waals surface area contributed by atoms with Crippen LogP contribution in [0, 0.1) is 0 Å². The van der Waals surface area contributed by atoms with E-state index in [0.29, 0.717) is 22.0 Å². The van der Waals surface area contributed by atoms with E-state index in [0.717, 1.165) is 19.3 Å². The number of carbonyl (C=O) groups is 1. The lowest BCUT2D eigenvalue weighted by Crippen LogP contribution is -2.48. The van der Waals surface area contributed by atoms with Crippen molar-refractivity contribution in [3.05, 3.63) is 33.8 Å². The Kier molecular flexibility index (Phi) is 3.24. The van der Waals surface area contributed by atoms with Crippen LogP contribution in [0.4, 0.5) is 0 Å². The summed E-state index contributed by atoms with van der Waals surface area (Å²) in [4.78, 5) is 12.0. The molecule has 2 N–H and O–H groups in total. The van der Waals surface area contributed by atoms with E-state index < -0.39 is 0 Å². The molecule has 1 fully saturated rings. The molecule has 0 bridgehead atoms. The molecular weight excluding hydrogens is 245 g/mol. The summed E-state index contributed by atoms with van der Waals surface area (Å²) in [5, 5.41) is 0.963. The zero-order valence-corrected chi connectivity index (χ0v) is 10.3. The Hall–Kier alpha value is -0.570. The van der Waals surface area contributed by atoms with Crippen LogP contribution in [0.3, 0.4) is 0 Å². The van der Waals surface area contributed by atoms with Gasteiger partial charge in [-0.25, -0.2) is 0 Å². The van der Waals surface area contributed by atoms with E-state index in [1.165, 1.54) is 0 Å². The summed E-state index contributed by atoms with van der Waals surface area (Å²) in [6.45, 7) is 0. The second kappa shape index (κ2) is 4.36. The minimum absolute atomic E-state index is 0.0188. The Labute approximate surface area is 105 Å². The molecule has 0 amide bonds. The molecule has 0 aromatic heterocycles. The Balaban J connectivity index is 2.17. The Morgan fingerprint density at radius 1 is 1.38 bits per heavy atom. The maximum absolute atomic E-state index is 12.0. The molecule has 2 rings (SSSR count). The molecule has 1 aromatic carbocycles. The van der Waals surface area contributed by atoms with Gasteiger partial charge in [0.15, 0.2) is 5.78 Å². The largest absolute Gasteiger partial charge is 0.325 e. The first-order valence-electron chi connectivity index (χ1n) is 5.27. The minimum Gasteiger partial charge on any atom is -0.325 e. The smallest absolute Gasteiger partial charge is 0.166 e. The zero-order chi connectivity index (χ0) is 11.8. The van der Waals surface area contributed by atoms with Crippen molar-refractivity contribution in [1.82, 2.24) is 0 Å². The highest BCUT2D eigenvalue weighted by atomic mass is 35.5. The van der Waals surface area contributed by atoms with Crippen LogP contribution in [0.2, 0.25) is 10.0 Å². The van der Waals surface area contributed by atoms with Gasteiger partial charge in [0.2, 0.25) is 0 Å². The summed E-state index contributed by atoms with van der Waals surface area (Å²) in [6, 6.07) is 4.91. The average molecular weight is 258 g/mol. The van der Waals surface area contributed by atoms with E-state index in [1.807, 2.05) is 0 Å². The summed E-state index contributed by atoms with van der Waals surface area (Å²) >= 11 is 11.8. The average Bonchev–Trinajstić information content (AvgIpc) is 2.19. The molecule has 86 valence electrons. The lowest BCUT2D eigenvalue weighted by Gasteiger charge is -2.37. The number of hydrogen-bond acceptors (Lipinski definition) is 2. The molecule has 1 aliphatic rings. The van der Waals surface area contributed by atoms with E-state index in [9.17, 15) is 4.79 Å². The van der Waals surface area contributed by atoms with Crippen molar-refractivity contribution in [2.45, 2.75) is 31.2 Å². The third-order valence-electron chi connectivity index (χ3n) is 3.09. The molecule has 0 atom stereocenters. The Morgan fingerprint density at radius 2 is 2.06 bits per heavy atom. The van der Waals surface area contributed by atoms with Gasteiger partial charge in [-0.3, -0.25) is 4.79 Å². The Morgan fingerprint density at radius 3 is 2.62 bits per heavy atom. The number of benzene rings is 1. The van der Waals surface area contributed by atoms with Crippen LogP contribution in [-0.2, 0) is 0 Å². The maximum Gasteiger partial charge on any atom is 0.166 e. The predicted octanol–water partition coefficient (Wildman–Crippen LogP) is 3.45.